The molecule has 1 aliphatic carbocycles. The highest BCUT2D eigenvalue weighted by molar-refractivity contribution is 4.98. The van der Waals surface area contributed by atoms with Crippen LogP contribution in [-0.2, 0) is 0 Å². The van der Waals surface area contributed by atoms with Crippen molar-refractivity contribution in [3.63, 3.8) is 0 Å². The second-order valence-electron chi connectivity index (χ2n) is 5.61. The van der Waals surface area contributed by atoms with Crippen molar-refractivity contribution < 1.29 is 5.11 Å². The van der Waals surface area contributed by atoms with Crippen molar-refractivity contribution in [3.05, 3.63) is 12.2 Å². The van der Waals surface area contributed by atoms with Crippen molar-refractivity contribution in [2.24, 2.45) is 11.3 Å². The third-order valence-corrected chi connectivity index (χ3v) is 2.93. The Balaban J connectivity index is 2.40. The fourth-order valence-corrected chi connectivity index (χ4v) is 2.02. The van der Waals surface area contributed by atoms with Crippen LogP contribution < -0.4 is 0 Å². The van der Waals surface area contributed by atoms with E-state index in [1.165, 1.54) is 32.1 Å². The molecule has 0 aliphatic heterocycles. The second-order valence-corrected chi connectivity index (χ2v) is 5.61. The minimum absolute atomic E-state index is 0.190. The summed E-state index contributed by atoms with van der Waals surface area (Å²) in [5, 5.41) is 9.95. The number of rotatable bonds is 2. The molecule has 0 spiro atoms. The molecule has 0 aromatic heterocycles. The van der Waals surface area contributed by atoms with Crippen LogP contribution >= 0.6 is 0 Å². The quantitative estimate of drug-likeness (QED) is 0.670. The molecule has 0 aromatic carbocycles. The Kier molecular flexibility index (Phi) is 4.18. The SMILES string of the molecule is CC(C)(C)/C=C/[C@H](O)C1CCCCC1. The van der Waals surface area contributed by atoms with Crippen molar-refractivity contribution in [1.82, 2.24) is 0 Å². The molecule has 1 atom stereocenters. The van der Waals surface area contributed by atoms with Crippen molar-refractivity contribution >= 4 is 0 Å². The standard InChI is InChI=1S/C13H24O/c1-13(2,3)10-9-12(14)11-7-5-4-6-8-11/h9-12,14H,4-8H2,1-3H3/b10-9+/t12-/m0/s1. The van der Waals surface area contributed by atoms with Gasteiger partial charge in [-0.25, -0.2) is 0 Å². The predicted octanol–water partition coefficient (Wildman–Crippen LogP) is 3.53. The first-order chi connectivity index (χ1) is 6.49. The molecule has 1 saturated carbocycles. The van der Waals surface area contributed by atoms with E-state index in [4.69, 9.17) is 0 Å². The molecule has 1 nitrogen and oxygen atoms in total. The predicted molar refractivity (Wildman–Crippen MR) is 61.2 cm³/mol. The topological polar surface area (TPSA) is 20.2 Å². The molecule has 82 valence electrons. The van der Waals surface area contributed by atoms with Gasteiger partial charge in [0.25, 0.3) is 0 Å². The summed E-state index contributed by atoms with van der Waals surface area (Å²) in [6, 6.07) is 0. The Labute approximate surface area is 88.2 Å². The normalized spacial score (nSPS) is 22.9. The molecule has 1 N–H and O–H groups in total. The number of aliphatic hydroxyl groups is 1. The molecule has 1 heteroatoms. The van der Waals surface area contributed by atoms with Crippen LogP contribution in [0.4, 0.5) is 0 Å². The van der Waals surface area contributed by atoms with E-state index in [1.54, 1.807) is 0 Å². The molecule has 14 heavy (non-hydrogen) atoms. The Morgan fingerprint density at radius 3 is 2.21 bits per heavy atom. The number of hydrogen-bond acceptors (Lipinski definition) is 1. The van der Waals surface area contributed by atoms with E-state index in [2.05, 4.69) is 26.8 Å². The first kappa shape index (κ1) is 11.8. The van der Waals surface area contributed by atoms with Crippen molar-refractivity contribution in [2.45, 2.75) is 59.0 Å². The molecule has 0 saturated heterocycles. The molecule has 0 heterocycles. The van der Waals surface area contributed by atoms with Crippen LogP contribution in [0.1, 0.15) is 52.9 Å². The van der Waals surface area contributed by atoms with Gasteiger partial charge in [0.1, 0.15) is 0 Å². The molecule has 0 bridgehead atoms. The van der Waals surface area contributed by atoms with Gasteiger partial charge >= 0.3 is 0 Å². The zero-order valence-corrected chi connectivity index (χ0v) is 9.79. The maximum atomic E-state index is 9.95. The van der Waals surface area contributed by atoms with Crippen LogP contribution in [0, 0.1) is 11.3 Å². The third kappa shape index (κ3) is 4.28. The zero-order valence-electron chi connectivity index (χ0n) is 9.79. The van der Waals surface area contributed by atoms with E-state index in [-0.39, 0.29) is 11.5 Å². The van der Waals surface area contributed by atoms with E-state index in [0.29, 0.717) is 5.92 Å². The summed E-state index contributed by atoms with van der Waals surface area (Å²) >= 11 is 0. The van der Waals surface area contributed by atoms with Gasteiger partial charge in [0.15, 0.2) is 0 Å². The van der Waals surface area contributed by atoms with E-state index in [1.807, 2.05) is 6.08 Å². The highest BCUT2D eigenvalue weighted by Gasteiger charge is 2.19. The number of aliphatic hydroxyl groups excluding tert-OH is 1. The second kappa shape index (κ2) is 4.97. The van der Waals surface area contributed by atoms with Crippen LogP contribution in [0.15, 0.2) is 12.2 Å². The average molecular weight is 196 g/mol. The Bertz CT molecular complexity index is 182. The Morgan fingerprint density at radius 1 is 1.14 bits per heavy atom. The van der Waals surface area contributed by atoms with E-state index < -0.39 is 0 Å². The lowest BCUT2D eigenvalue weighted by molar-refractivity contribution is 0.124. The summed E-state index contributed by atoms with van der Waals surface area (Å²) in [4.78, 5) is 0. The van der Waals surface area contributed by atoms with Crippen molar-refractivity contribution in [3.8, 4) is 0 Å². The summed E-state index contributed by atoms with van der Waals surface area (Å²) < 4.78 is 0. The summed E-state index contributed by atoms with van der Waals surface area (Å²) in [7, 11) is 0. The molecular formula is C13H24O. The van der Waals surface area contributed by atoms with Gasteiger partial charge in [0, 0.05) is 0 Å². The third-order valence-electron chi connectivity index (χ3n) is 2.93. The fourth-order valence-electron chi connectivity index (χ4n) is 2.02. The first-order valence-electron chi connectivity index (χ1n) is 5.86. The first-order valence-corrected chi connectivity index (χ1v) is 5.86. The highest BCUT2D eigenvalue weighted by atomic mass is 16.3. The van der Waals surface area contributed by atoms with Gasteiger partial charge in [-0.2, -0.15) is 0 Å². The molecular weight excluding hydrogens is 172 g/mol. The van der Waals surface area contributed by atoms with Crippen molar-refractivity contribution in [2.75, 3.05) is 0 Å². The lowest BCUT2D eigenvalue weighted by Crippen LogP contribution is -2.21. The Morgan fingerprint density at radius 2 is 1.71 bits per heavy atom. The number of hydrogen-bond donors (Lipinski definition) is 1. The lowest BCUT2D eigenvalue weighted by atomic mass is 9.84. The minimum atomic E-state index is -0.213. The number of allylic oxidation sites excluding steroid dienone is 1. The molecule has 1 rings (SSSR count). The van der Waals surface area contributed by atoms with Gasteiger partial charge in [-0.3, -0.25) is 0 Å². The van der Waals surface area contributed by atoms with E-state index in [0.717, 1.165) is 0 Å². The lowest BCUT2D eigenvalue weighted by Gasteiger charge is -2.25. The molecule has 1 fully saturated rings. The fraction of sp³-hybridized carbons (Fsp3) is 0.846. The summed E-state index contributed by atoms with van der Waals surface area (Å²) in [6.45, 7) is 6.49. The van der Waals surface area contributed by atoms with Crippen LogP contribution in [-0.4, -0.2) is 11.2 Å². The average Bonchev–Trinajstić information content (AvgIpc) is 2.14. The molecule has 1 aliphatic rings. The minimum Gasteiger partial charge on any atom is -0.389 e. The molecule has 0 unspecified atom stereocenters. The van der Waals surface area contributed by atoms with E-state index >= 15 is 0 Å². The molecule has 0 amide bonds. The van der Waals surface area contributed by atoms with Gasteiger partial charge in [-0.15, -0.1) is 0 Å². The zero-order chi connectivity index (χ0) is 10.6. The van der Waals surface area contributed by atoms with Gasteiger partial charge < -0.3 is 5.11 Å². The van der Waals surface area contributed by atoms with Crippen LogP contribution in [0.5, 0.6) is 0 Å². The van der Waals surface area contributed by atoms with Gasteiger partial charge in [0.05, 0.1) is 6.10 Å². The van der Waals surface area contributed by atoms with Crippen LogP contribution in [0.3, 0.4) is 0 Å². The smallest absolute Gasteiger partial charge is 0.0749 e. The summed E-state index contributed by atoms with van der Waals surface area (Å²) in [5.41, 5.74) is 0.190. The maximum absolute atomic E-state index is 9.95. The van der Waals surface area contributed by atoms with Gasteiger partial charge in [-0.05, 0) is 24.2 Å². The Hall–Kier alpha value is -0.300. The largest absolute Gasteiger partial charge is 0.389 e. The van der Waals surface area contributed by atoms with Crippen molar-refractivity contribution in [1.29, 1.82) is 0 Å². The van der Waals surface area contributed by atoms with Crippen LogP contribution in [0.25, 0.3) is 0 Å². The monoisotopic (exact) mass is 196 g/mol. The highest BCUT2D eigenvalue weighted by Crippen LogP contribution is 2.27. The van der Waals surface area contributed by atoms with Crippen LogP contribution in [0.2, 0.25) is 0 Å². The summed E-state index contributed by atoms with van der Waals surface area (Å²) in [6.07, 6.45) is 10.3. The van der Waals surface area contributed by atoms with Gasteiger partial charge in [0.2, 0.25) is 0 Å². The van der Waals surface area contributed by atoms with E-state index in [9.17, 15) is 5.11 Å². The van der Waals surface area contributed by atoms with Gasteiger partial charge in [-0.1, -0.05) is 52.2 Å². The molecule has 0 aromatic rings. The molecule has 0 radical (unpaired) electrons. The maximum Gasteiger partial charge on any atom is 0.0749 e. The summed E-state index contributed by atoms with van der Waals surface area (Å²) in [5.74, 6) is 0.516.